The fraction of sp³-hybridized carbons (Fsp3) is 0.467. The summed E-state index contributed by atoms with van der Waals surface area (Å²) >= 11 is 1.22. The van der Waals surface area contributed by atoms with Crippen LogP contribution in [0.5, 0.6) is 0 Å². The number of aliphatic carboxylic acids is 1. The normalized spacial score (nSPS) is 12.1. The Morgan fingerprint density at radius 2 is 2.13 bits per heavy atom. The number of esters is 1. The lowest BCUT2D eigenvalue weighted by molar-refractivity contribution is -0.138. The number of hydrogen-bond donors (Lipinski definition) is 2. The van der Waals surface area contributed by atoms with Crippen molar-refractivity contribution in [3.63, 3.8) is 0 Å². The minimum atomic E-state index is -0.933. The second-order valence-corrected chi connectivity index (χ2v) is 6.00. The second-order valence-electron chi connectivity index (χ2n) is 5.00. The third-order valence-electron chi connectivity index (χ3n) is 3.37. The van der Waals surface area contributed by atoms with E-state index in [2.05, 4.69) is 15.3 Å². The van der Waals surface area contributed by atoms with Gasteiger partial charge < -0.3 is 15.2 Å². The maximum absolute atomic E-state index is 12.0. The van der Waals surface area contributed by atoms with E-state index in [1.54, 1.807) is 13.8 Å². The van der Waals surface area contributed by atoms with Gasteiger partial charge in [-0.25, -0.2) is 19.6 Å². The van der Waals surface area contributed by atoms with E-state index in [0.717, 1.165) is 6.42 Å². The first kappa shape index (κ1) is 17.1. The van der Waals surface area contributed by atoms with Crippen molar-refractivity contribution < 1.29 is 19.4 Å². The lowest BCUT2D eigenvalue weighted by Crippen LogP contribution is -2.29. The highest BCUT2D eigenvalue weighted by molar-refractivity contribution is 7.20. The van der Waals surface area contributed by atoms with Crippen LogP contribution < -0.4 is 5.32 Å². The standard InChI is InChI=1S/C15H19N3O4S/c1-4-6-9(14(19)20)18-12-10-8(3)11(15(21)22-5-2)23-13(10)17-7-16-12/h7,9H,4-6H2,1-3H3,(H,19,20)(H,16,17,18). The molecule has 0 aromatic carbocycles. The van der Waals surface area contributed by atoms with Crippen LogP contribution in [-0.2, 0) is 9.53 Å². The zero-order valence-electron chi connectivity index (χ0n) is 13.3. The Morgan fingerprint density at radius 3 is 2.74 bits per heavy atom. The highest BCUT2D eigenvalue weighted by Crippen LogP contribution is 2.34. The van der Waals surface area contributed by atoms with Crippen molar-refractivity contribution in [1.29, 1.82) is 0 Å². The molecule has 0 saturated heterocycles. The van der Waals surface area contributed by atoms with Gasteiger partial charge in [0.15, 0.2) is 0 Å². The molecule has 2 heterocycles. The van der Waals surface area contributed by atoms with Gasteiger partial charge >= 0.3 is 11.9 Å². The van der Waals surface area contributed by atoms with E-state index in [0.29, 0.717) is 39.5 Å². The minimum Gasteiger partial charge on any atom is -0.480 e. The fourth-order valence-electron chi connectivity index (χ4n) is 2.28. The summed E-state index contributed by atoms with van der Waals surface area (Å²) in [5.74, 6) is -0.903. The number of carboxylic acids is 1. The summed E-state index contributed by atoms with van der Waals surface area (Å²) in [4.78, 5) is 32.8. The van der Waals surface area contributed by atoms with E-state index < -0.39 is 18.0 Å². The van der Waals surface area contributed by atoms with Gasteiger partial charge in [-0.2, -0.15) is 0 Å². The van der Waals surface area contributed by atoms with Gasteiger partial charge in [-0.15, -0.1) is 11.3 Å². The van der Waals surface area contributed by atoms with Crippen LogP contribution in [0.1, 0.15) is 41.9 Å². The molecule has 0 aliphatic carbocycles. The van der Waals surface area contributed by atoms with Crippen LogP contribution >= 0.6 is 11.3 Å². The Bertz CT molecular complexity index is 729. The first-order chi connectivity index (χ1) is 11.0. The molecule has 0 aliphatic rings. The number of ether oxygens (including phenoxy) is 1. The Hall–Kier alpha value is -2.22. The second kappa shape index (κ2) is 7.36. The molecule has 7 nitrogen and oxygen atoms in total. The molecular weight excluding hydrogens is 318 g/mol. The van der Waals surface area contributed by atoms with Crippen molar-refractivity contribution in [3.05, 3.63) is 16.8 Å². The fourth-order valence-corrected chi connectivity index (χ4v) is 3.33. The summed E-state index contributed by atoms with van der Waals surface area (Å²) in [5, 5.41) is 12.9. The molecule has 2 aromatic heterocycles. The van der Waals surface area contributed by atoms with Crippen LogP contribution in [-0.4, -0.2) is 39.7 Å². The monoisotopic (exact) mass is 337 g/mol. The number of carbonyl (C=O) groups is 2. The molecule has 0 amide bonds. The molecule has 2 aromatic rings. The van der Waals surface area contributed by atoms with Crippen LogP contribution in [0.15, 0.2) is 6.33 Å². The highest BCUT2D eigenvalue weighted by atomic mass is 32.1. The van der Waals surface area contributed by atoms with Gasteiger partial charge in [0, 0.05) is 0 Å². The molecular formula is C15H19N3O4S. The number of aromatic nitrogens is 2. The van der Waals surface area contributed by atoms with Gasteiger partial charge in [0.25, 0.3) is 0 Å². The number of nitrogens with zero attached hydrogens (tertiary/aromatic N) is 2. The molecule has 0 bridgehead atoms. The van der Waals surface area contributed by atoms with Crippen molar-refractivity contribution in [1.82, 2.24) is 9.97 Å². The van der Waals surface area contributed by atoms with Crippen LogP contribution in [0.3, 0.4) is 0 Å². The zero-order valence-corrected chi connectivity index (χ0v) is 14.1. The van der Waals surface area contributed by atoms with Gasteiger partial charge in [0.05, 0.1) is 12.0 Å². The van der Waals surface area contributed by atoms with Gasteiger partial charge in [-0.05, 0) is 25.8 Å². The maximum atomic E-state index is 12.0. The summed E-state index contributed by atoms with van der Waals surface area (Å²) in [6.45, 7) is 5.74. The zero-order chi connectivity index (χ0) is 17.0. The van der Waals surface area contributed by atoms with E-state index >= 15 is 0 Å². The number of fused-ring (bicyclic) bond motifs is 1. The number of thiophene rings is 1. The predicted molar refractivity (Wildman–Crippen MR) is 88.1 cm³/mol. The molecule has 2 N–H and O–H groups in total. The molecule has 2 rings (SSSR count). The molecule has 23 heavy (non-hydrogen) atoms. The lowest BCUT2D eigenvalue weighted by Gasteiger charge is -2.14. The Balaban J connectivity index is 2.45. The van der Waals surface area contributed by atoms with Crippen LogP contribution in [0.2, 0.25) is 0 Å². The predicted octanol–water partition coefficient (Wildman–Crippen LogP) is 2.84. The van der Waals surface area contributed by atoms with Gasteiger partial charge in [-0.1, -0.05) is 13.3 Å². The van der Waals surface area contributed by atoms with Crippen LogP contribution in [0, 0.1) is 6.92 Å². The summed E-state index contributed by atoms with van der Waals surface area (Å²) in [6.07, 6.45) is 2.57. The van der Waals surface area contributed by atoms with E-state index in [1.807, 2.05) is 6.92 Å². The van der Waals surface area contributed by atoms with E-state index in [9.17, 15) is 14.7 Å². The largest absolute Gasteiger partial charge is 0.480 e. The number of carboxylic acid groups (broad SMARTS) is 1. The van der Waals surface area contributed by atoms with Crippen molar-refractivity contribution in [3.8, 4) is 0 Å². The summed E-state index contributed by atoms with van der Waals surface area (Å²) in [7, 11) is 0. The minimum absolute atomic E-state index is 0.293. The molecule has 0 saturated carbocycles. The van der Waals surface area contributed by atoms with Crippen molar-refractivity contribution in [2.45, 2.75) is 39.7 Å². The smallest absolute Gasteiger partial charge is 0.348 e. The first-order valence-electron chi connectivity index (χ1n) is 7.40. The molecule has 124 valence electrons. The number of nitrogens with one attached hydrogen (secondary N) is 1. The van der Waals surface area contributed by atoms with Crippen molar-refractivity contribution in [2.24, 2.45) is 0 Å². The van der Waals surface area contributed by atoms with Crippen LogP contribution in [0.25, 0.3) is 10.2 Å². The van der Waals surface area contributed by atoms with Crippen LogP contribution in [0.4, 0.5) is 5.82 Å². The maximum Gasteiger partial charge on any atom is 0.348 e. The lowest BCUT2D eigenvalue weighted by atomic mass is 10.1. The SMILES string of the molecule is CCCC(Nc1ncnc2sc(C(=O)OCC)c(C)c12)C(=O)O. The Morgan fingerprint density at radius 1 is 1.39 bits per heavy atom. The average molecular weight is 337 g/mol. The summed E-state index contributed by atoms with van der Waals surface area (Å²) < 4.78 is 5.04. The topological polar surface area (TPSA) is 101 Å². The van der Waals surface area contributed by atoms with Crippen molar-refractivity contribution in [2.75, 3.05) is 11.9 Å². The van der Waals surface area contributed by atoms with Gasteiger partial charge in [-0.3, -0.25) is 0 Å². The van der Waals surface area contributed by atoms with E-state index in [1.165, 1.54) is 17.7 Å². The number of anilines is 1. The third-order valence-corrected chi connectivity index (χ3v) is 4.55. The molecule has 1 atom stereocenters. The van der Waals surface area contributed by atoms with Crippen molar-refractivity contribution >= 4 is 39.3 Å². The molecule has 0 aliphatic heterocycles. The number of hydrogen-bond acceptors (Lipinski definition) is 7. The molecule has 1 unspecified atom stereocenters. The third kappa shape index (κ3) is 3.58. The number of carbonyl (C=O) groups excluding carboxylic acids is 1. The Kier molecular flexibility index (Phi) is 5.49. The van der Waals surface area contributed by atoms with E-state index in [-0.39, 0.29) is 0 Å². The number of aryl methyl sites for hydroxylation is 1. The number of rotatable bonds is 7. The van der Waals surface area contributed by atoms with E-state index in [4.69, 9.17) is 4.74 Å². The first-order valence-corrected chi connectivity index (χ1v) is 8.21. The highest BCUT2D eigenvalue weighted by Gasteiger charge is 2.23. The molecule has 0 spiro atoms. The molecule has 0 radical (unpaired) electrons. The quantitative estimate of drug-likeness (QED) is 0.749. The molecule has 8 heteroatoms. The summed E-state index contributed by atoms with van der Waals surface area (Å²) in [5.41, 5.74) is 0.701. The summed E-state index contributed by atoms with van der Waals surface area (Å²) in [6, 6.07) is -0.733. The molecule has 0 fully saturated rings. The van der Waals surface area contributed by atoms with Gasteiger partial charge in [0.2, 0.25) is 0 Å². The Labute approximate surface area is 137 Å². The average Bonchev–Trinajstić information content (AvgIpc) is 2.85. The van der Waals surface area contributed by atoms with Gasteiger partial charge in [0.1, 0.15) is 27.9 Å².